The number of urea groups is 1. The first kappa shape index (κ1) is 17.3. The summed E-state index contributed by atoms with van der Waals surface area (Å²) in [4.78, 5) is 37.5. The number of thiazole rings is 1. The van der Waals surface area contributed by atoms with Crippen LogP contribution in [0.2, 0.25) is 0 Å². The SMILES string of the molecule is COC(=O)C1CCc2sc(NC(=O)NCc3cnc(C)cn3)nc2C1. The van der Waals surface area contributed by atoms with Gasteiger partial charge < -0.3 is 10.1 Å². The van der Waals surface area contributed by atoms with E-state index in [1.165, 1.54) is 18.4 Å². The number of aryl methyl sites for hydroxylation is 2. The highest BCUT2D eigenvalue weighted by atomic mass is 32.1. The molecule has 3 rings (SSSR count). The molecule has 0 spiro atoms. The summed E-state index contributed by atoms with van der Waals surface area (Å²) in [6.45, 7) is 2.14. The number of fused-ring (bicyclic) bond motifs is 1. The summed E-state index contributed by atoms with van der Waals surface area (Å²) >= 11 is 1.45. The summed E-state index contributed by atoms with van der Waals surface area (Å²) in [7, 11) is 1.40. The molecule has 0 fully saturated rings. The zero-order valence-corrected chi connectivity index (χ0v) is 14.9. The van der Waals surface area contributed by atoms with Crippen LogP contribution in [0.25, 0.3) is 0 Å². The van der Waals surface area contributed by atoms with Gasteiger partial charge in [-0.25, -0.2) is 9.78 Å². The first-order valence-electron chi connectivity index (χ1n) is 7.94. The van der Waals surface area contributed by atoms with Gasteiger partial charge in [0.2, 0.25) is 0 Å². The molecule has 1 aliphatic rings. The van der Waals surface area contributed by atoms with E-state index in [0.29, 0.717) is 17.2 Å². The Morgan fingerprint density at radius 1 is 1.36 bits per heavy atom. The molecule has 0 radical (unpaired) electrons. The molecule has 0 bridgehead atoms. The molecule has 2 aromatic rings. The van der Waals surface area contributed by atoms with Crippen LogP contribution < -0.4 is 10.6 Å². The number of anilines is 1. The van der Waals surface area contributed by atoms with Gasteiger partial charge in [-0.2, -0.15) is 0 Å². The van der Waals surface area contributed by atoms with Gasteiger partial charge in [0.1, 0.15) is 0 Å². The number of carbonyl (C=O) groups is 2. The van der Waals surface area contributed by atoms with Gasteiger partial charge in [0, 0.05) is 17.5 Å². The standard InChI is InChI=1S/C16H19N5O3S/c1-9-6-18-11(7-17-9)8-19-15(23)21-16-20-12-5-10(14(22)24-2)3-4-13(12)25-16/h6-7,10H,3-5,8H2,1-2H3,(H2,19,20,21,23). The Bertz CT molecular complexity index is 775. The van der Waals surface area contributed by atoms with Gasteiger partial charge >= 0.3 is 12.0 Å². The highest BCUT2D eigenvalue weighted by Crippen LogP contribution is 2.32. The Morgan fingerprint density at radius 3 is 2.92 bits per heavy atom. The van der Waals surface area contributed by atoms with E-state index in [-0.39, 0.29) is 24.5 Å². The lowest BCUT2D eigenvalue weighted by atomic mass is 9.91. The van der Waals surface area contributed by atoms with E-state index in [9.17, 15) is 9.59 Å². The maximum Gasteiger partial charge on any atom is 0.321 e. The molecule has 0 aromatic carbocycles. The van der Waals surface area contributed by atoms with Crippen LogP contribution in [0.4, 0.5) is 9.93 Å². The van der Waals surface area contributed by atoms with Crippen molar-refractivity contribution in [3.8, 4) is 0 Å². The summed E-state index contributed by atoms with van der Waals surface area (Å²) in [5, 5.41) is 5.99. The minimum Gasteiger partial charge on any atom is -0.469 e. The van der Waals surface area contributed by atoms with Gasteiger partial charge in [-0.1, -0.05) is 0 Å². The highest BCUT2D eigenvalue weighted by Gasteiger charge is 2.28. The molecule has 132 valence electrons. The van der Waals surface area contributed by atoms with E-state index in [2.05, 4.69) is 25.6 Å². The number of amides is 2. The topological polar surface area (TPSA) is 106 Å². The highest BCUT2D eigenvalue weighted by molar-refractivity contribution is 7.15. The second-order valence-corrected chi connectivity index (χ2v) is 6.89. The molecule has 25 heavy (non-hydrogen) atoms. The average molecular weight is 361 g/mol. The molecule has 2 aromatic heterocycles. The van der Waals surface area contributed by atoms with Crippen molar-refractivity contribution in [3.63, 3.8) is 0 Å². The fraction of sp³-hybridized carbons (Fsp3) is 0.438. The van der Waals surface area contributed by atoms with Crippen molar-refractivity contribution < 1.29 is 14.3 Å². The molecule has 0 saturated heterocycles. The Hall–Kier alpha value is -2.55. The van der Waals surface area contributed by atoms with E-state index < -0.39 is 0 Å². The van der Waals surface area contributed by atoms with Gasteiger partial charge in [-0.3, -0.25) is 20.1 Å². The summed E-state index contributed by atoms with van der Waals surface area (Å²) < 4.78 is 4.80. The third kappa shape index (κ3) is 4.30. The summed E-state index contributed by atoms with van der Waals surface area (Å²) in [6.07, 6.45) is 5.36. The van der Waals surface area contributed by atoms with Gasteiger partial charge in [-0.05, 0) is 19.8 Å². The number of nitrogens with zero attached hydrogens (tertiary/aromatic N) is 3. The zero-order valence-electron chi connectivity index (χ0n) is 14.0. The monoisotopic (exact) mass is 361 g/mol. The summed E-state index contributed by atoms with van der Waals surface area (Å²) in [6, 6.07) is -0.349. The quantitative estimate of drug-likeness (QED) is 0.805. The van der Waals surface area contributed by atoms with E-state index in [1.54, 1.807) is 12.4 Å². The lowest BCUT2D eigenvalue weighted by Gasteiger charge is -2.18. The number of methoxy groups -OCH3 is 1. The molecule has 0 saturated carbocycles. The largest absolute Gasteiger partial charge is 0.469 e. The van der Waals surface area contributed by atoms with Gasteiger partial charge in [0.05, 0.1) is 42.9 Å². The number of aromatic nitrogens is 3. The number of nitrogens with one attached hydrogen (secondary N) is 2. The van der Waals surface area contributed by atoms with Crippen molar-refractivity contribution in [2.24, 2.45) is 5.92 Å². The second kappa shape index (κ2) is 7.56. The van der Waals surface area contributed by atoms with Crippen molar-refractivity contribution >= 4 is 28.5 Å². The van der Waals surface area contributed by atoms with Crippen LogP contribution in [0, 0.1) is 12.8 Å². The van der Waals surface area contributed by atoms with Gasteiger partial charge in [0.25, 0.3) is 0 Å². The molecule has 0 aliphatic heterocycles. The molecule has 1 aliphatic carbocycles. The van der Waals surface area contributed by atoms with Crippen molar-refractivity contribution in [1.29, 1.82) is 0 Å². The second-order valence-electron chi connectivity index (χ2n) is 5.81. The molecular weight excluding hydrogens is 342 g/mol. The van der Waals surface area contributed by atoms with Crippen LogP contribution in [-0.2, 0) is 28.9 Å². The molecule has 1 atom stereocenters. The van der Waals surface area contributed by atoms with Crippen LogP contribution in [0.15, 0.2) is 12.4 Å². The normalized spacial score (nSPS) is 16.0. The Morgan fingerprint density at radius 2 is 2.20 bits per heavy atom. The first-order chi connectivity index (χ1) is 12.0. The Balaban J connectivity index is 1.55. The smallest absolute Gasteiger partial charge is 0.321 e. The predicted molar refractivity (Wildman–Crippen MR) is 92.3 cm³/mol. The van der Waals surface area contributed by atoms with E-state index in [1.807, 2.05) is 6.92 Å². The molecule has 2 amide bonds. The third-order valence-corrected chi connectivity index (χ3v) is 5.03. The molecule has 8 nitrogen and oxygen atoms in total. The number of ether oxygens (including phenoxy) is 1. The maximum atomic E-state index is 12.0. The van der Waals surface area contributed by atoms with E-state index in [0.717, 1.165) is 29.1 Å². The average Bonchev–Trinajstić information content (AvgIpc) is 3.01. The lowest BCUT2D eigenvalue weighted by Crippen LogP contribution is -2.28. The van der Waals surface area contributed by atoms with Crippen LogP contribution in [0.5, 0.6) is 0 Å². The van der Waals surface area contributed by atoms with Crippen molar-refractivity contribution in [1.82, 2.24) is 20.3 Å². The number of hydrogen-bond donors (Lipinski definition) is 2. The van der Waals surface area contributed by atoms with Gasteiger partial charge in [-0.15, -0.1) is 11.3 Å². The van der Waals surface area contributed by atoms with Crippen LogP contribution in [0.3, 0.4) is 0 Å². The minimum absolute atomic E-state index is 0.151. The van der Waals surface area contributed by atoms with Crippen LogP contribution >= 0.6 is 11.3 Å². The van der Waals surface area contributed by atoms with Gasteiger partial charge in [0.15, 0.2) is 5.13 Å². The zero-order chi connectivity index (χ0) is 17.8. The van der Waals surface area contributed by atoms with Crippen molar-refractivity contribution in [3.05, 3.63) is 34.4 Å². The van der Waals surface area contributed by atoms with Crippen molar-refractivity contribution in [2.45, 2.75) is 32.7 Å². The Kier molecular flexibility index (Phi) is 5.22. The fourth-order valence-electron chi connectivity index (χ4n) is 2.62. The molecular formula is C16H19N5O3S. The Labute approximate surface area is 149 Å². The number of rotatable bonds is 4. The molecule has 1 unspecified atom stereocenters. The number of esters is 1. The van der Waals surface area contributed by atoms with Crippen LogP contribution in [0.1, 0.15) is 28.4 Å². The van der Waals surface area contributed by atoms with Crippen LogP contribution in [-0.4, -0.2) is 34.1 Å². The first-order valence-corrected chi connectivity index (χ1v) is 8.75. The number of hydrogen-bond acceptors (Lipinski definition) is 7. The van der Waals surface area contributed by atoms with E-state index >= 15 is 0 Å². The number of carbonyl (C=O) groups excluding carboxylic acids is 2. The third-order valence-electron chi connectivity index (χ3n) is 3.96. The molecule has 2 N–H and O–H groups in total. The lowest BCUT2D eigenvalue weighted by molar-refractivity contribution is -0.145. The molecule has 9 heteroatoms. The van der Waals surface area contributed by atoms with E-state index in [4.69, 9.17) is 4.74 Å². The fourth-order valence-corrected chi connectivity index (χ4v) is 3.62. The maximum absolute atomic E-state index is 12.0. The summed E-state index contributed by atoms with van der Waals surface area (Å²) in [5.41, 5.74) is 2.37. The van der Waals surface area contributed by atoms with Crippen molar-refractivity contribution in [2.75, 3.05) is 12.4 Å². The molecule has 2 heterocycles. The predicted octanol–water partition coefficient (Wildman–Crippen LogP) is 1.84. The summed E-state index contributed by atoms with van der Waals surface area (Å²) in [5.74, 6) is -0.355. The minimum atomic E-state index is -0.349.